The van der Waals surface area contributed by atoms with Gasteiger partial charge in [0.2, 0.25) is 0 Å². The Bertz CT molecular complexity index is 352. The van der Waals surface area contributed by atoms with E-state index in [0.717, 1.165) is 12.1 Å². The summed E-state index contributed by atoms with van der Waals surface area (Å²) >= 11 is 0. The summed E-state index contributed by atoms with van der Waals surface area (Å²) in [6.07, 6.45) is 5.33. The first-order chi connectivity index (χ1) is 6.69. The predicted molar refractivity (Wildman–Crippen MR) is 56.4 cm³/mol. The smallest absolute Gasteiger partial charge is 0.128 e. The highest BCUT2D eigenvalue weighted by Gasteiger charge is 2.11. The SMILES string of the molecule is C#CC(NCC)c1cc(C)ccc1F. The topological polar surface area (TPSA) is 12.0 Å². The maximum absolute atomic E-state index is 13.4. The van der Waals surface area contributed by atoms with Gasteiger partial charge in [0, 0.05) is 5.56 Å². The number of rotatable bonds is 3. The first-order valence-corrected chi connectivity index (χ1v) is 4.64. The molecule has 1 aromatic rings. The molecule has 1 atom stereocenters. The summed E-state index contributed by atoms with van der Waals surface area (Å²) in [5.74, 6) is 2.29. The molecule has 0 saturated carbocycles. The second kappa shape index (κ2) is 4.78. The maximum Gasteiger partial charge on any atom is 0.128 e. The zero-order chi connectivity index (χ0) is 10.6. The van der Waals surface area contributed by atoms with Crippen molar-refractivity contribution in [1.29, 1.82) is 0 Å². The Labute approximate surface area is 84.3 Å². The molecular weight excluding hydrogens is 177 g/mol. The van der Waals surface area contributed by atoms with Gasteiger partial charge in [0.1, 0.15) is 5.82 Å². The number of terminal acetylenes is 1. The Kier molecular flexibility index (Phi) is 3.67. The summed E-state index contributed by atoms with van der Waals surface area (Å²) in [6, 6.07) is 4.63. The molecule has 1 rings (SSSR count). The van der Waals surface area contributed by atoms with Crippen molar-refractivity contribution in [1.82, 2.24) is 5.32 Å². The zero-order valence-corrected chi connectivity index (χ0v) is 8.47. The molecule has 1 unspecified atom stereocenters. The van der Waals surface area contributed by atoms with Crippen LogP contribution in [0.5, 0.6) is 0 Å². The van der Waals surface area contributed by atoms with Crippen LogP contribution < -0.4 is 5.32 Å². The molecule has 0 amide bonds. The van der Waals surface area contributed by atoms with Crippen LogP contribution >= 0.6 is 0 Å². The van der Waals surface area contributed by atoms with Gasteiger partial charge < -0.3 is 5.32 Å². The van der Waals surface area contributed by atoms with E-state index >= 15 is 0 Å². The van der Waals surface area contributed by atoms with Gasteiger partial charge in [-0.2, -0.15) is 0 Å². The van der Waals surface area contributed by atoms with Crippen molar-refractivity contribution in [2.45, 2.75) is 19.9 Å². The van der Waals surface area contributed by atoms with Gasteiger partial charge in [-0.15, -0.1) is 6.42 Å². The fourth-order valence-electron chi connectivity index (χ4n) is 1.35. The summed E-state index contributed by atoms with van der Waals surface area (Å²) in [4.78, 5) is 0. The molecule has 0 fully saturated rings. The van der Waals surface area contributed by atoms with Crippen molar-refractivity contribution < 1.29 is 4.39 Å². The van der Waals surface area contributed by atoms with E-state index in [2.05, 4.69) is 11.2 Å². The molecule has 1 N–H and O–H groups in total. The number of halogens is 1. The van der Waals surface area contributed by atoms with Crippen LogP contribution in [0.25, 0.3) is 0 Å². The van der Waals surface area contributed by atoms with Gasteiger partial charge in [0.05, 0.1) is 6.04 Å². The highest BCUT2D eigenvalue weighted by molar-refractivity contribution is 5.31. The van der Waals surface area contributed by atoms with E-state index < -0.39 is 0 Å². The number of hydrogen-bond donors (Lipinski definition) is 1. The van der Waals surface area contributed by atoms with E-state index in [1.807, 2.05) is 13.8 Å². The standard InChI is InChI=1S/C12H14FN/c1-4-12(14-5-2)10-8-9(3)6-7-11(10)13/h1,6-8,12,14H,5H2,2-3H3. The van der Waals surface area contributed by atoms with E-state index in [-0.39, 0.29) is 11.9 Å². The van der Waals surface area contributed by atoms with Crippen molar-refractivity contribution in [2.75, 3.05) is 6.54 Å². The van der Waals surface area contributed by atoms with Crippen LogP contribution in [0, 0.1) is 25.1 Å². The molecule has 0 aromatic heterocycles. The van der Waals surface area contributed by atoms with Gasteiger partial charge in [-0.3, -0.25) is 0 Å². The fraction of sp³-hybridized carbons (Fsp3) is 0.333. The van der Waals surface area contributed by atoms with Crippen LogP contribution in [0.15, 0.2) is 18.2 Å². The minimum Gasteiger partial charge on any atom is -0.300 e. The van der Waals surface area contributed by atoms with Crippen molar-refractivity contribution in [3.8, 4) is 12.3 Å². The van der Waals surface area contributed by atoms with Gasteiger partial charge in [-0.25, -0.2) is 4.39 Å². The molecule has 0 aliphatic heterocycles. The molecule has 0 aliphatic carbocycles. The molecule has 0 heterocycles. The minimum atomic E-state index is -0.333. The van der Waals surface area contributed by atoms with Crippen LogP contribution in [-0.4, -0.2) is 6.54 Å². The molecule has 1 nitrogen and oxygen atoms in total. The second-order valence-corrected chi connectivity index (χ2v) is 3.18. The Hall–Kier alpha value is -1.33. The summed E-state index contributed by atoms with van der Waals surface area (Å²) < 4.78 is 13.4. The highest BCUT2D eigenvalue weighted by Crippen LogP contribution is 2.17. The van der Waals surface area contributed by atoms with Crippen LogP contribution in [0.2, 0.25) is 0 Å². The lowest BCUT2D eigenvalue weighted by atomic mass is 10.0. The summed E-state index contributed by atoms with van der Waals surface area (Å²) in [7, 11) is 0. The zero-order valence-electron chi connectivity index (χ0n) is 8.47. The van der Waals surface area contributed by atoms with Crippen molar-refractivity contribution in [3.63, 3.8) is 0 Å². The lowest BCUT2D eigenvalue weighted by Crippen LogP contribution is -2.20. The molecule has 0 radical (unpaired) electrons. The number of hydrogen-bond acceptors (Lipinski definition) is 1. The molecule has 0 bridgehead atoms. The molecular formula is C12H14FN. The largest absolute Gasteiger partial charge is 0.300 e. The first kappa shape index (κ1) is 10.7. The number of nitrogens with one attached hydrogen (secondary N) is 1. The Morgan fingerprint density at radius 1 is 1.57 bits per heavy atom. The van der Waals surface area contributed by atoms with E-state index in [4.69, 9.17) is 6.42 Å². The average molecular weight is 191 g/mol. The molecule has 0 spiro atoms. The number of aryl methyl sites for hydroxylation is 1. The van der Waals surface area contributed by atoms with Crippen LogP contribution in [0.1, 0.15) is 24.1 Å². The number of benzene rings is 1. The van der Waals surface area contributed by atoms with E-state index in [9.17, 15) is 4.39 Å². The first-order valence-electron chi connectivity index (χ1n) is 4.64. The quantitative estimate of drug-likeness (QED) is 0.723. The lowest BCUT2D eigenvalue weighted by Gasteiger charge is -2.13. The van der Waals surface area contributed by atoms with E-state index in [1.54, 1.807) is 12.1 Å². The van der Waals surface area contributed by atoms with E-state index in [1.165, 1.54) is 6.07 Å². The third kappa shape index (κ3) is 2.34. The second-order valence-electron chi connectivity index (χ2n) is 3.18. The molecule has 1 aromatic carbocycles. The lowest BCUT2D eigenvalue weighted by molar-refractivity contribution is 0.573. The third-order valence-corrected chi connectivity index (χ3v) is 2.04. The van der Waals surface area contributed by atoms with Gasteiger partial charge >= 0.3 is 0 Å². The summed E-state index contributed by atoms with van der Waals surface area (Å²) in [5, 5.41) is 3.04. The average Bonchev–Trinajstić information content (AvgIpc) is 2.18. The van der Waals surface area contributed by atoms with Crippen LogP contribution in [0.3, 0.4) is 0 Å². The van der Waals surface area contributed by atoms with E-state index in [0.29, 0.717) is 5.56 Å². The molecule has 2 heteroatoms. The normalized spacial score (nSPS) is 12.1. The van der Waals surface area contributed by atoms with Gasteiger partial charge in [-0.05, 0) is 19.5 Å². The van der Waals surface area contributed by atoms with Gasteiger partial charge in [-0.1, -0.05) is 30.5 Å². The van der Waals surface area contributed by atoms with Crippen LogP contribution in [0.4, 0.5) is 4.39 Å². The predicted octanol–water partition coefficient (Wildman–Crippen LogP) is 2.42. The highest BCUT2D eigenvalue weighted by atomic mass is 19.1. The fourth-order valence-corrected chi connectivity index (χ4v) is 1.35. The molecule has 0 saturated heterocycles. The van der Waals surface area contributed by atoms with Crippen molar-refractivity contribution in [3.05, 3.63) is 35.1 Å². The maximum atomic E-state index is 13.4. The van der Waals surface area contributed by atoms with Gasteiger partial charge in [0.25, 0.3) is 0 Å². The van der Waals surface area contributed by atoms with Crippen LogP contribution in [-0.2, 0) is 0 Å². The summed E-state index contributed by atoms with van der Waals surface area (Å²) in [5.41, 5.74) is 1.56. The monoisotopic (exact) mass is 191 g/mol. The molecule has 0 aliphatic rings. The third-order valence-electron chi connectivity index (χ3n) is 2.04. The Balaban J connectivity index is 3.03. The van der Waals surface area contributed by atoms with Crippen molar-refractivity contribution >= 4 is 0 Å². The molecule has 74 valence electrons. The minimum absolute atomic E-state index is 0.250. The Morgan fingerprint density at radius 3 is 2.86 bits per heavy atom. The Morgan fingerprint density at radius 2 is 2.29 bits per heavy atom. The van der Waals surface area contributed by atoms with Gasteiger partial charge in [0.15, 0.2) is 0 Å². The molecule has 14 heavy (non-hydrogen) atoms. The summed E-state index contributed by atoms with van der Waals surface area (Å²) in [6.45, 7) is 4.59. The van der Waals surface area contributed by atoms with Crippen molar-refractivity contribution in [2.24, 2.45) is 0 Å².